The first-order valence-corrected chi connectivity index (χ1v) is 6.14. The van der Waals surface area contributed by atoms with Gasteiger partial charge in [-0.2, -0.15) is 5.10 Å². The molecule has 0 saturated carbocycles. The average Bonchev–Trinajstić information content (AvgIpc) is 3.03. The third kappa shape index (κ3) is 2.56. The highest BCUT2D eigenvalue weighted by molar-refractivity contribution is 6.04. The highest BCUT2D eigenvalue weighted by Gasteiger charge is 2.05. The quantitative estimate of drug-likeness (QED) is 0.790. The number of nitrogens with one attached hydrogen (secondary N) is 1. The predicted octanol–water partition coefficient (Wildman–Crippen LogP) is 2.52. The molecule has 20 heavy (non-hydrogen) atoms. The molecule has 1 aromatic heterocycles. The molecule has 5 nitrogen and oxygen atoms in total. The van der Waals surface area contributed by atoms with Crippen molar-refractivity contribution >= 4 is 11.6 Å². The van der Waals surface area contributed by atoms with Gasteiger partial charge in [0.05, 0.1) is 5.69 Å². The lowest BCUT2D eigenvalue weighted by Gasteiger charge is -2.06. The Balaban J connectivity index is 1.74. The minimum absolute atomic E-state index is 0.126. The third-order valence-electron chi connectivity index (χ3n) is 2.84. The maximum absolute atomic E-state index is 12.0. The molecule has 2 aromatic carbocycles. The fourth-order valence-electron chi connectivity index (χ4n) is 1.83. The molecule has 0 aliphatic rings. The van der Waals surface area contributed by atoms with Crippen molar-refractivity contribution in [1.82, 2.24) is 14.8 Å². The van der Waals surface area contributed by atoms with Crippen LogP contribution in [0.5, 0.6) is 0 Å². The van der Waals surface area contributed by atoms with Crippen LogP contribution in [-0.2, 0) is 0 Å². The molecular formula is C15H12N4O. The van der Waals surface area contributed by atoms with Gasteiger partial charge in [-0.3, -0.25) is 4.79 Å². The van der Waals surface area contributed by atoms with E-state index in [1.54, 1.807) is 23.1 Å². The molecular weight excluding hydrogens is 252 g/mol. The SMILES string of the molecule is O=C(Nc1ccc(-n2cncn2)cc1)c1ccccc1. The summed E-state index contributed by atoms with van der Waals surface area (Å²) in [7, 11) is 0. The molecule has 1 amide bonds. The summed E-state index contributed by atoms with van der Waals surface area (Å²) in [6.45, 7) is 0. The Hall–Kier alpha value is -2.95. The van der Waals surface area contributed by atoms with E-state index < -0.39 is 0 Å². The number of carbonyl (C=O) groups excluding carboxylic acids is 1. The van der Waals surface area contributed by atoms with Crippen LogP contribution in [0.4, 0.5) is 5.69 Å². The lowest BCUT2D eigenvalue weighted by Crippen LogP contribution is -2.11. The van der Waals surface area contributed by atoms with Crippen molar-refractivity contribution in [3.05, 3.63) is 72.8 Å². The molecule has 0 spiro atoms. The first-order valence-electron chi connectivity index (χ1n) is 6.14. The summed E-state index contributed by atoms with van der Waals surface area (Å²) >= 11 is 0. The van der Waals surface area contributed by atoms with Gasteiger partial charge in [-0.25, -0.2) is 9.67 Å². The number of anilines is 1. The zero-order chi connectivity index (χ0) is 13.8. The van der Waals surface area contributed by atoms with Gasteiger partial charge < -0.3 is 5.32 Å². The average molecular weight is 264 g/mol. The molecule has 5 heteroatoms. The second-order valence-corrected chi connectivity index (χ2v) is 4.21. The lowest BCUT2D eigenvalue weighted by atomic mass is 10.2. The van der Waals surface area contributed by atoms with Crippen LogP contribution in [0.1, 0.15) is 10.4 Å². The zero-order valence-electron chi connectivity index (χ0n) is 10.6. The standard InChI is InChI=1S/C15H12N4O/c20-15(12-4-2-1-3-5-12)18-13-6-8-14(9-7-13)19-11-16-10-17-19/h1-11H,(H,18,20). The number of aromatic nitrogens is 3. The summed E-state index contributed by atoms with van der Waals surface area (Å²) in [5.74, 6) is -0.126. The van der Waals surface area contributed by atoms with Crippen LogP contribution in [0.3, 0.4) is 0 Å². The molecule has 0 fully saturated rings. The van der Waals surface area contributed by atoms with Crippen molar-refractivity contribution in [1.29, 1.82) is 0 Å². The molecule has 0 atom stereocenters. The van der Waals surface area contributed by atoms with E-state index in [-0.39, 0.29) is 5.91 Å². The fourth-order valence-corrected chi connectivity index (χ4v) is 1.83. The van der Waals surface area contributed by atoms with Crippen LogP contribution in [0.2, 0.25) is 0 Å². The van der Waals surface area contributed by atoms with E-state index in [1.165, 1.54) is 6.33 Å². The van der Waals surface area contributed by atoms with Crippen molar-refractivity contribution in [3.8, 4) is 5.69 Å². The number of rotatable bonds is 3. The highest BCUT2D eigenvalue weighted by atomic mass is 16.1. The van der Waals surface area contributed by atoms with Crippen LogP contribution in [0.15, 0.2) is 67.3 Å². The first-order chi connectivity index (χ1) is 9.83. The van der Waals surface area contributed by atoms with Crippen molar-refractivity contribution < 1.29 is 4.79 Å². The van der Waals surface area contributed by atoms with Crippen LogP contribution < -0.4 is 5.32 Å². The second kappa shape index (κ2) is 5.36. The molecule has 0 unspecified atom stereocenters. The Morgan fingerprint density at radius 2 is 1.75 bits per heavy atom. The molecule has 0 saturated heterocycles. The molecule has 0 aliphatic heterocycles. The van der Waals surface area contributed by atoms with E-state index in [4.69, 9.17) is 0 Å². The largest absolute Gasteiger partial charge is 0.322 e. The second-order valence-electron chi connectivity index (χ2n) is 4.21. The maximum Gasteiger partial charge on any atom is 0.255 e. The smallest absolute Gasteiger partial charge is 0.255 e. The van der Waals surface area contributed by atoms with Crippen molar-refractivity contribution in [3.63, 3.8) is 0 Å². The molecule has 3 rings (SSSR count). The topological polar surface area (TPSA) is 59.8 Å². The van der Waals surface area contributed by atoms with E-state index in [9.17, 15) is 4.79 Å². The monoisotopic (exact) mass is 264 g/mol. The van der Waals surface area contributed by atoms with Gasteiger partial charge in [0, 0.05) is 11.3 Å². The van der Waals surface area contributed by atoms with E-state index in [0.29, 0.717) is 5.56 Å². The summed E-state index contributed by atoms with van der Waals surface area (Å²) in [6, 6.07) is 16.5. The molecule has 0 bridgehead atoms. The molecule has 1 heterocycles. The third-order valence-corrected chi connectivity index (χ3v) is 2.84. The number of nitrogens with zero attached hydrogens (tertiary/aromatic N) is 3. The number of amides is 1. The summed E-state index contributed by atoms with van der Waals surface area (Å²) < 4.78 is 1.66. The van der Waals surface area contributed by atoms with Crippen molar-refractivity contribution in [2.24, 2.45) is 0 Å². The minimum Gasteiger partial charge on any atom is -0.322 e. The van der Waals surface area contributed by atoms with Gasteiger partial charge in [0.1, 0.15) is 12.7 Å². The Labute approximate surface area is 115 Å². The van der Waals surface area contributed by atoms with Crippen LogP contribution >= 0.6 is 0 Å². The van der Waals surface area contributed by atoms with Crippen LogP contribution in [-0.4, -0.2) is 20.7 Å². The van der Waals surface area contributed by atoms with Crippen LogP contribution in [0.25, 0.3) is 5.69 Å². The molecule has 3 aromatic rings. The number of hydrogen-bond acceptors (Lipinski definition) is 3. The first kappa shape index (κ1) is 12.1. The fraction of sp³-hybridized carbons (Fsp3) is 0. The van der Waals surface area contributed by atoms with Gasteiger partial charge in [-0.05, 0) is 36.4 Å². The maximum atomic E-state index is 12.0. The summed E-state index contributed by atoms with van der Waals surface area (Å²) in [5, 5.41) is 6.89. The zero-order valence-corrected chi connectivity index (χ0v) is 10.6. The van der Waals surface area contributed by atoms with Gasteiger partial charge in [0.15, 0.2) is 0 Å². The Morgan fingerprint density at radius 1 is 1.00 bits per heavy atom. The van der Waals surface area contributed by atoms with E-state index in [1.807, 2.05) is 42.5 Å². The Morgan fingerprint density at radius 3 is 2.40 bits per heavy atom. The van der Waals surface area contributed by atoms with Crippen molar-refractivity contribution in [2.45, 2.75) is 0 Å². The number of carbonyl (C=O) groups is 1. The van der Waals surface area contributed by atoms with E-state index in [0.717, 1.165) is 11.4 Å². The Kier molecular flexibility index (Phi) is 3.24. The molecule has 1 N–H and O–H groups in total. The van der Waals surface area contributed by atoms with Gasteiger partial charge in [0.2, 0.25) is 0 Å². The van der Waals surface area contributed by atoms with Gasteiger partial charge >= 0.3 is 0 Å². The molecule has 98 valence electrons. The highest BCUT2D eigenvalue weighted by Crippen LogP contribution is 2.13. The summed E-state index contributed by atoms with van der Waals surface area (Å²) in [6.07, 6.45) is 3.10. The predicted molar refractivity (Wildman–Crippen MR) is 75.8 cm³/mol. The summed E-state index contributed by atoms with van der Waals surface area (Å²) in [5.41, 5.74) is 2.26. The number of benzene rings is 2. The van der Waals surface area contributed by atoms with Crippen LogP contribution in [0, 0.1) is 0 Å². The number of hydrogen-bond donors (Lipinski definition) is 1. The summed E-state index contributed by atoms with van der Waals surface area (Å²) in [4.78, 5) is 15.9. The van der Waals surface area contributed by atoms with Gasteiger partial charge in [-0.1, -0.05) is 18.2 Å². The lowest BCUT2D eigenvalue weighted by molar-refractivity contribution is 0.102. The Bertz CT molecular complexity index is 691. The normalized spacial score (nSPS) is 10.2. The van der Waals surface area contributed by atoms with E-state index in [2.05, 4.69) is 15.4 Å². The van der Waals surface area contributed by atoms with E-state index >= 15 is 0 Å². The van der Waals surface area contributed by atoms with Gasteiger partial charge in [0.25, 0.3) is 5.91 Å². The van der Waals surface area contributed by atoms with Crippen molar-refractivity contribution in [2.75, 3.05) is 5.32 Å². The molecule has 0 radical (unpaired) electrons. The van der Waals surface area contributed by atoms with Gasteiger partial charge in [-0.15, -0.1) is 0 Å². The minimum atomic E-state index is -0.126. The molecule has 0 aliphatic carbocycles.